The molecule has 34 heavy (non-hydrogen) atoms. The quantitative estimate of drug-likeness (QED) is 0.107. The number of hydrogen-bond acceptors (Lipinski definition) is 2. The Morgan fingerprint density at radius 3 is 1.82 bits per heavy atom. The molecule has 4 heteroatoms. The van der Waals surface area contributed by atoms with E-state index in [0.29, 0.717) is 5.92 Å². The van der Waals surface area contributed by atoms with E-state index in [1.807, 2.05) is 6.08 Å². The summed E-state index contributed by atoms with van der Waals surface area (Å²) in [7, 11) is -3.54. The lowest BCUT2D eigenvalue weighted by Gasteiger charge is -2.40. The molecule has 198 valence electrons. The number of rotatable bonds is 13. The van der Waals surface area contributed by atoms with Crippen molar-refractivity contribution >= 4 is 16.6 Å². The van der Waals surface area contributed by atoms with Gasteiger partial charge in [0.15, 0.2) is 16.6 Å². The maximum atomic E-state index is 6.93. The van der Waals surface area contributed by atoms with Crippen molar-refractivity contribution in [3.8, 4) is 0 Å². The van der Waals surface area contributed by atoms with Crippen LogP contribution in [0.2, 0.25) is 36.3 Å². The molecule has 0 spiro atoms. The van der Waals surface area contributed by atoms with Gasteiger partial charge in [0.2, 0.25) is 0 Å². The van der Waals surface area contributed by atoms with Gasteiger partial charge in [-0.3, -0.25) is 0 Å². The summed E-state index contributed by atoms with van der Waals surface area (Å²) >= 11 is 0. The van der Waals surface area contributed by atoms with Crippen molar-refractivity contribution in [2.75, 3.05) is 6.61 Å². The van der Waals surface area contributed by atoms with E-state index in [2.05, 4.69) is 120 Å². The molecule has 1 unspecified atom stereocenters. The summed E-state index contributed by atoms with van der Waals surface area (Å²) in [6, 6.07) is 0. The van der Waals surface area contributed by atoms with Crippen LogP contribution < -0.4 is 0 Å². The van der Waals surface area contributed by atoms with Gasteiger partial charge in [-0.15, -0.1) is 0 Å². The van der Waals surface area contributed by atoms with Gasteiger partial charge < -0.3 is 8.85 Å². The number of hydrogen-bond donors (Lipinski definition) is 0. The monoisotopic (exact) mass is 506 g/mol. The molecule has 0 aromatic rings. The Morgan fingerprint density at radius 2 is 1.35 bits per heavy atom. The van der Waals surface area contributed by atoms with Crippen LogP contribution in [0.25, 0.3) is 0 Å². The first-order chi connectivity index (χ1) is 15.2. The largest absolute Gasteiger partial charge is 0.417 e. The van der Waals surface area contributed by atoms with Crippen molar-refractivity contribution in [3.05, 3.63) is 47.6 Å². The van der Waals surface area contributed by atoms with Gasteiger partial charge in [-0.1, -0.05) is 96.1 Å². The summed E-state index contributed by atoms with van der Waals surface area (Å²) in [6.07, 6.45) is 12.3. The summed E-state index contributed by atoms with van der Waals surface area (Å²) in [4.78, 5) is 0. The molecule has 0 aliphatic rings. The van der Waals surface area contributed by atoms with Gasteiger partial charge in [0.25, 0.3) is 0 Å². The van der Waals surface area contributed by atoms with E-state index in [4.69, 9.17) is 8.85 Å². The molecule has 0 aromatic heterocycles. The van der Waals surface area contributed by atoms with Gasteiger partial charge in [0, 0.05) is 12.5 Å². The SMILES string of the molecule is C=C/C(C)=C\C(C)=C/[C@H](C)C(/C=C(\C)CCCCO[Si](C)(C)C(C)(C)C)O[Si](C)(C)C(C)(C)C. The Hall–Kier alpha value is -0.686. The van der Waals surface area contributed by atoms with E-state index >= 15 is 0 Å². The van der Waals surface area contributed by atoms with Gasteiger partial charge in [0.05, 0.1) is 6.10 Å². The minimum absolute atomic E-state index is 0.0942. The predicted molar refractivity (Wildman–Crippen MR) is 160 cm³/mol. The lowest BCUT2D eigenvalue weighted by molar-refractivity contribution is 0.188. The Labute approximate surface area is 216 Å². The zero-order chi connectivity index (χ0) is 27.0. The molecule has 0 amide bonds. The van der Waals surface area contributed by atoms with Crippen LogP contribution in [0.3, 0.4) is 0 Å². The third kappa shape index (κ3) is 11.8. The maximum Gasteiger partial charge on any atom is 0.192 e. The molecule has 0 N–H and O–H groups in total. The minimum Gasteiger partial charge on any atom is -0.417 e. The van der Waals surface area contributed by atoms with Crippen LogP contribution >= 0.6 is 0 Å². The molecule has 0 aliphatic heterocycles. The summed E-state index contributed by atoms with van der Waals surface area (Å²) < 4.78 is 13.3. The van der Waals surface area contributed by atoms with Crippen LogP contribution in [-0.4, -0.2) is 29.3 Å². The van der Waals surface area contributed by atoms with Crippen LogP contribution in [0, 0.1) is 5.92 Å². The minimum atomic E-state index is -1.89. The fourth-order valence-electron chi connectivity index (χ4n) is 3.20. The smallest absolute Gasteiger partial charge is 0.192 e. The van der Waals surface area contributed by atoms with E-state index in [1.165, 1.54) is 16.7 Å². The molecular weight excluding hydrogens is 449 g/mol. The van der Waals surface area contributed by atoms with Crippen molar-refractivity contribution < 1.29 is 8.85 Å². The van der Waals surface area contributed by atoms with E-state index in [9.17, 15) is 0 Å². The Bertz CT molecular complexity index is 728. The standard InChI is InChI=1S/C30H58O2Si2/c1-16-24(2)21-26(4)22-27(5)28(32-34(14,15)30(9,10)11)23-25(3)19-17-18-20-31-33(12,13)29(6,7)8/h16,21-23,27-28H,1,17-20H2,2-15H3/b24-21-,25-23+,26-22-/t27-,28?/m0/s1. The van der Waals surface area contributed by atoms with Gasteiger partial charge >= 0.3 is 0 Å². The van der Waals surface area contributed by atoms with E-state index < -0.39 is 16.6 Å². The van der Waals surface area contributed by atoms with E-state index in [-0.39, 0.29) is 16.2 Å². The van der Waals surface area contributed by atoms with Gasteiger partial charge in [-0.25, -0.2) is 0 Å². The molecule has 0 fully saturated rings. The summed E-state index contributed by atoms with van der Waals surface area (Å²) in [5, 5.41) is 0.463. The average Bonchev–Trinajstić information content (AvgIpc) is 2.64. The first kappa shape index (κ1) is 33.3. The van der Waals surface area contributed by atoms with Crippen LogP contribution in [0.1, 0.15) is 88.5 Å². The zero-order valence-corrected chi connectivity index (χ0v) is 27.3. The number of unbranched alkanes of at least 4 members (excludes halogenated alkanes) is 1. The topological polar surface area (TPSA) is 18.5 Å². The first-order valence-electron chi connectivity index (χ1n) is 13.2. The Kier molecular flexibility index (Phi) is 13.3. The highest BCUT2D eigenvalue weighted by molar-refractivity contribution is 6.74. The van der Waals surface area contributed by atoms with Crippen LogP contribution in [0.15, 0.2) is 47.6 Å². The fraction of sp³-hybridized carbons (Fsp3) is 0.733. The highest BCUT2D eigenvalue weighted by atomic mass is 28.4. The van der Waals surface area contributed by atoms with Crippen molar-refractivity contribution in [2.24, 2.45) is 5.92 Å². The lowest BCUT2D eigenvalue weighted by Crippen LogP contribution is -2.45. The molecule has 0 heterocycles. The highest BCUT2D eigenvalue weighted by Gasteiger charge is 2.39. The third-order valence-corrected chi connectivity index (χ3v) is 16.8. The van der Waals surface area contributed by atoms with E-state index in [0.717, 1.165) is 25.9 Å². The Morgan fingerprint density at radius 1 is 0.824 bits per heavy atom. The molecule has 2 nitrogen and oxygen atoms in total. The molecule has 0 radical (unpaired) electrons. The first-order valence-corrected chi connectivity index (χ1v) is 19.0. The summed E-state index contributed by atoms with van der Waals surface area (Å²) in [6.45, 7) is 36.8. The maximum absolute atomic E-state index is 6.93. The second-order valence-electron chi connectivity index (χ2n) is 13.3. The highest BCUT2D eigenvalue weighted by Crippen LogP contribution is 2.39. The van der Waals surface area contributed by atoms with E-state index in [1.54, 1.807) is 0 Å². The molecule has 0 bridgehead atoms. The normalized spacial score (nSPS) is 17.1. The van der Waals surface area contributed by atoms with Gasteiger partial charge in [-0.05, 0) is 76.3 Å². The molecule has 0 saturated carbocycles. The van der Waals surface area contributed by atoms with Crippen molar-refractivity contribution in [2.45, 2.75) is 131 Å². The summed E-state index contributed by atoms with van der Waals surface area (Å²) in [5.41, 5.74) is 3.88. The van der Waals surface area contributed by atoms with Crippen LogP contribution in [0.4, 0.5) is 0 Å². The molecule has 0 aliphatic carbocycles. The third-order valence-electron chi connectivity index (χ3n) is 7.74. The number of allylic oxidation sites excluding steroid dienone is 5. The predicted octanol–water partition coefficient (Wildman–Crippen LogP) is 10.2. The lowest BCUT2D eigenvalue weighted by atomic mass is 9.98. The average molecular weight is 507 g/mol. The molecule has 0 aromatic carbocycles. The molecular formula is C30H58O2Si2. The molecule has 0 rings (SSSR count). The van der Waals surface area contributed by atoms with Crippen molar-refractivity contribution in [3.63, 3.8) is 0 Å². The van der Waals surface area contributed by atoms with Crippen molar-refractivity contribution in [1.82, 2.24) is 0 Å². The Balaban J connectivity index is 5.39. The van der Waals surface area contributed by atoms with Crippen LogP contribution in [0.5, 0.6) is 0 Å². The molecule has 0 saturated heterocycles. The molecule has 2 atom stereocenters. The van der Waals surface area contributed by atoms with Crippen LogP contribution in [-0.2, 0) is 8.85 Å². The fourth-order valence-corrected chi connectivity index (χ4v) is 5.60. The zero-order valence-electron chi connectivity index (χ0n) is 25.3. The van der Waals surface area contributed by atoms with Crippen molar-refractivity contribution in [1.29, 1.82) is 0 Å². The second kappa shape index (κ2) is 13.6. The summed E-state index contributed by atoms with van der Waals surface area (Å²) in [5.74, 6) is 0.305. The second-order valence-corrected chi connectivity index (χ2v) is 22.8. The van der Waals surface area contributed by atoms with Gasteiger partial charge in [-0.2, -0.15) is 0 Å². The van der Waals surface area contributed by atoms with Gasteiger partial charge in [0.1, 0.15) is 0 Å².